The zero-order chi connectivity index (χ0) is 0. The molecule has 0 aliphatic carbocycles. The van der Waals surface area contributed by atoms with Crippen molar-refractivity contribution in [1.82, 2.24) is 0 Å². The van der Waals surface area contributed by atoms with Crippen molar-refractivity contribution < 1.29 is 77.1 Å². The molecule has 4 heavy (non-hydrogen) atoms. The SMILES string of the molecule is [Ag].[Ni].[Ni].[Ti]. The summed E-state index contributed by atoms with van der Waals surface area (Å²) < 4.78 is 0. The second-order valence-corrected chi connectivity index (χ2v) is 0. The van der Waals surface area contributed by atoms with Crippen molar-refractivity contribution in [2.24, 2.45) is 0 Å². The molecule has 4 heteroatoms. The molecule has 0 unspecified atom stereocenters. The third kappa shape index (κ3) is 8.82. The van der Waals surface area contributed by atoms with Crippen LogP contribution in [-0.2, 0) is 77.1 Å². The van der Waals surface area contributed by atoms with Crippen molar-refractivity contribution in [2.45, 2.75) is 0 Å². The van der Waals surface area contributed by atoms with E-state index in [0.29, 0.717) is 0 Å². The van der Waals surface area contributed by atoms with E-state index < -0.39 is 0 Å². The standard InChI is InChI=1S/Ag.2Ni.Ti. The van der Waals surface area contributed by atoms with Gasteiger partial charge in [0.15, 0.2) is 0 Å². The molecule has 0 saturated heterocycles. The molecule has 0 spiro atoms. The van der Waals surface area contributed by atoms with E-state index in [2.05, 4.69) is 0 Å². The maximum atomic E-state index is 0. The first-order valence-electron chi connectivity index (χ1n) is 0. The number of hydrogen-bond acceptors (Lipinski definition) is 0. The number of hydrogen-bond donors (Lipinski definition) is 0. The largest absolute Gasteiger partial charge is 0 e. The molecule has 0 rings (SSSR count). The second kappa shape index (κ2) is 18.0. The van der Waals surface area contributed by atoms with Crippen LogP contribution in [0.15, 0.2) is 0 Å². The Kier molecular flexibility index (Phi) is 144. The van der Waals surface area contributed by atoms with Crippen LogP contribution in [0.1, 0.15) is 0 Å². The van der Waals surface area contributed by atoms with Crippen molar-refractivity contribution in [3.05, 3.63) is 0 Å². The van der Waals surface area contributed by atoms with Gasteiger partial charge in [0.25, 0.3) is 0 Å². The molecule has 0 aliphatic heterocycles. The molecule has 1 radical (unpaired) electrons. The van der Waals surface area contributed by atoms with Crippen LogP contribution in [0.2, 0.25) is 0 Å². The summed E-state index contributed by atoms with van der Waals surface area (Å²) in [6, 6.07) is 0. The maximum absolute atomic E-state index is 0. The van der Waals surface area contributed by atoms with Crippen LogP contribution >= 0.6 is 0 Å². The average molecular weight is 273 g/mol. The summed E-state index contributed by atoms with van der Waals surface area (Å²) in [5.74, 6) is 0. The van der Waals surface area contributed by atoms with E-state index in [1.807, 2.05) is 0 Å². The Morgan fingerprint density at radius 1 is 0.750 bits per heavy atom. The van der Waals surface area contributed by atoms with Gasteiger partial charge in [-0.1, -0.05) is 0 Å². The molecule has 0 aliphatic rings. The molecule has 0 saturated carbocycles. The summed E-state index contributed by atoms with van der Waals surface area (Å²) in [5.41, 5.74) is 0. The van der Waals surface area contributed by atoms with Gasteiger partial charge in [0.05, 0.1) is 0 Å². The third-order valence-electron chi connectivity index (χ3n) is 0. The predicted octanol–water partition coefficient (Wildman–Crippen LogP) is -0.0100. The minimum absolute atomic E-state index is 0. The van der Waals surface area contributed by atoms with Gasteiger partial charge in [0, 0.05) is 77.1 Å². The van der Waals surface area contributed by atoms with Gasteiger partial charge in [-0.2, -0.15) is 0 Å². The Morgan fingerprint density at radius 2 is 0.750 bits per heavy atom. The summed E-state index contributed by atoms with van der Waals surface area (Å²) in [6.45, 7) is 0. The Labute approximate surface area is 76.1 Å². The quantitative estimate of drug-likeness (QED) is 0.545. The van der Waals surface area contributed by atoms with Crippen molar-refractivity contribution in [1.29, 1.82) is 0 Å². The Balaban J connectivity index is 0. The zero-order valence-electron chi connectivity index (χ0n) is 1.43. The van der Waals surface area contributed by atoms with Crippen molar-refractivity contribution >= 4 is 0 Å². The fourth-order valence-corrected chi connectivity index (χ4v) is 0. The van der Waals surface area contributed by atoms with E-state index in [1.165, 1.54) is 0 Å². The van der Waals surface area contributed by atoms with E-state index in [9.17, 15) is 0 Å². The Morgan fingerprint density at radius 3 is 0.750 bits per heavy atom. The van der Waals surface area contributed by atoms with Crippen LogP contribution in [-0.4, -0.2) is 0 Å². The minimum Gasteiger partial charge on any atom is 0 e. The van der Waals surface area contributed by atoms with Gasteiger partial charge in [-0.3, -0.25) is 0 Å². The van der Waals surface area contributed by atoms with E-state index in [-0.39, 0.29) is 77.1 Å². The molecule has 35 valence electrons. The number of rotatable bonds is 0. The van der Waals surface area contributed by atoms with Gasteiger partial charge in [-0.05, 0) is 0 Å². The van der Waals surface area contributed by atoms with Crippen LogP contribution in [0.3, 0.4) is 0 Å². The van der Waals surface area contributed by atoms with E-state index in [0.717, 1.165) is 0 Å². The minimum atomic E-state index is 0. The molecule has 0 aromatic carbocycles. The smallest absolute Gasteiger partial charge is 0 e. The van der Waals surface area contributed by atoms with Gasteiger partial charge >= 0.3 is 0 Å². The van der Waals surface area contributed by atoms with Crippen LogP contribution in [0.5, 0.6) is 0 Å². The van der Waals surface area contributed by atoms with E-state index in [4.69, 9.17) is 0 Å². The fourth-order valence-electron chi connectivity index (χ4n) is 0. The fraction of sp³-hybridized carbons (Fsp3) is 0. The summed E-state index contributed by atoms with van der Waals surface area (Å²) >= 11 is 0. The molecule has 0 aromatic rings. The van der Waals surface area contributed by atoms with Crippen LogP contribution in [0, 0.1) is 0 Å². The summed E-state index contributed by atoms with van der Waals surface area (Å²) in [4.78, 5) is 0. The molecule has 0 fully saturated rings. The summed E-state index contributed by atoms with van der Waals surface area (Å²) in [7, 11) is 0. The summed E-state index contributed by atoms with van der Waals surface area (Å²) in [6.07, 6.45) is 0. The topological polar surface area (TPSA) is 0 Å². The van der Waals surface area contributed by atoms with Gasteiger partial charge < -0.3 is 0 Å². The molecule has 0 bridgehead atoms. The molecular formula is AgNi2Ti. The molecule has 0 aromatic heterocycles. The first kappa shape index (κ1) is 32.0. The molecule has 0 nitrogen and oxygen atoms in total. The van der Waals surface area contributed by atoms with Crippen molar-refractivity contribution in [3.8, 4) is 0 Å². The first-order chi connectivity index (χ1) is 0. The van der Waals surface area contributed by atoms with Crippen molar-refractivity contribution in [2.75, 3.05) is 0 Å². The second-order valence-electron chi connectivity index (χ2n) is 0. The van der Waals surface area contributed by atoms with Crippen molar-refractivity contribution in [3.63, 3.8) is 0 Å². The van der Waals surface area contributed by atoms with E-state index in [1.54, 1.807) is 0 Å². The first-order valence-corrected chi connectivity index (χ1v) is 0. The normalized spacial score (nSPS) is 0. The van der Waals surface area contributed by atoms with Gasteiger partial charge in [0.1, 0.15) is 0 Å². The van der Waals surface area contributed by atoms with E-state index >= 15 is 0 Å². The maximum Gasteiger partial charge on any atom is 0 e. The Bertz CT molecular complexity index is 6.00. The van der Waals surface area contributed by atoms with Crippen LogP contribution in [0.25, 0.3) is 0 Å². The summed E-state index contributed by atoms with van der Waals surface area (Å²) in [5, 5.41) is 0. The predicted molar refractivity (Wildman–Crippen MR) is 0 cm³/mol. The molecular weight excluding hydrogens is 273 g/mol. The molecule has 0 atom stereocenters. The zero-order valence-corrected chi connectivity index (χ0v) is 6.45. The van der Waals surface area contributed by atoms with Crippen LogP contribution in [0.4, 0.5) is 0 Å². The monoisotopic (exact) mass is 271 g/mol. The van der Waals surface area contributed by atoms with Gasteiger partial charge in [-0.15, -0.1) is 0 Å². The van der Waals surface area contributed by atoms with Gasteiger partial charge in [-0.25, -0.2) is 0 Å². The molecule has 0 amide bonds. The molecule has 0 N–H and O–H groups in total. The van der Waals surface area contributed by atoms with Gasteiger partial charge in [0.2, 0.25) is 0 Å². The Hall–Kier alpha value is 2.44. The molecule has 0 heterocycles. The third-order valence-corrected chi connectivity index (χ3v) is 0. The average Bonchev–Trinajstić information content (AvgIpc) is 0. The van der Waals surface area contributed by atoms with Crippen LogP contribution < -0.4 is 0 Å².